The second kappa shape index (κ2) is 9.96. The zero-order valence-corrected chi connectivity index (χ0v) is 20.0. The van der Waals surface area contributed by atoms with Crippen LogP contribution >= 0.6 is 34.8 Å². The molecule has 0 aromatic heterocycles. The highest BCUT2D eigenvalue weighted by molar-refractivity contribution is 7.93. The van der Waals surface area contributed by atoms with Crippen LogP contribution in [0.4, 0.5) is 17.1 Å². The van der Waals surface area contributed by atoms with Gasteiger partial charge in [-0.1, -0.05) is 40.9 Å². The maximum atomic E-state index is 13.5. The fourth-order valence-electron chi connectivity index (χ4n) is 2.91. The fourth-order valence-corrected chi connectivity index (χ4v) is 5.13. The Morgan fingerprint density at radius 2 is 1.70 bits per heavy atom. The fraction of sp³-hybridized carbons (Fsp3) is 0.0952. The van der Waals surface area contributed by atoms with Crippen molar-refractivity contribution >= 4 is 67.8 Å². The van der Waals surface area contributed by atoms with Crippen LogP contribution in [0.5, 0.6) is 0 Å². The number of nitro groups is 1. The summed E-state index contributed by atoms with van der Waals surface area (Å²) in [6.07, 6.45) is 0. The summed E-state index contributed by atoms with van der Waals surface area (Å²) in [5.41, 5.74) is 0.664. The average molecular weight is 529 g/mol. The molecule has 0 bridgehead atoms. The van der Waals surface area contributed by atoms with Crippen molar-refractivity contribution in [2.75, 3.05) is 16.2 Å². The van der Waals surface area contributed by atoms with Gasteiger partial charge < -0.3 is 5.32 Å². The molecule has 12 heteroatoms. The molecule has 3 aromatic rings. The molecule has 172 valence electrons. The summed E-state index contributed by atoms with van der Waals surface area (Å²) in [6.45, 7) is 1.06. The van der Waals surface area contributed by atoms with Crippen LogP contribution in [0.15, 0.2) is 65.6 Å². The van der Waals surface area contributed by atoms with Gasteiger partial charge in [0, 0.05) is 27.9 Å². The molecule has 0 saturated heterocycles. The van der Waals surface area contributed by atoms with Gasteiger partial charge in [-0.05, 0) is 55.0 Å². The highest BCUT2D eigenvalue weighted by atomic mass is 35.5. The number of carbonyl (C=O) groups excluding carboxylic acids is 1. The molecule has 0 saturated carbocycles. The van der Waals surface area contributed by atoms with Crippen LogP contribution < -0.4 is 9.62 Å². The maximum absolute atomic E-state index is 13.5. The molecule has 0 radical (unpaired) electrons. The Labute approximate surface area is 204 Å². The van der Waals surface area contributed by atoms with E-state index >= 15 is 0 Å². The molecule has 0 spiro atoms. The number of benzene rings is 3. The van der Waals surface area contributed by atoms with Crippen molar-refractivity contribution in [2.45, 2.75) is 11.8 Å². The van der Waals surface area contributed by atoms with E-state index in [-0.39, 0.29) is 10.7 Å². The van der Waals surface area contributed by atoms with Gasteiger partial charge in [-0.2, -0.15) is 0 Å². The highest BCUT2D eigenvalue weighted by Crippen LogP contribution is 2.32. The molecular weight excluding hydrogens is 513 g/mol. The number of halogens is 3. The van der Waals surface area contributed by atoms with E-state index in [1.165, 1.54) is 24.3 Å². The van der Waals surface area contributed by atoms with Gasteiger partial charge in [-0.3, -0.25) is 19.2 Å². The monoisotopic (exact) mass is 527 g/mol. The minimum atomic E-state index is -4.49. The van der Waals surface area contributed by atoms with Crippen LogP contribution in [0.1, 0.15) is 5.56 Å². The Morgan fingerprint density at radius 1 is 1.03 bits per heavy atom. The van der Waals surface area contributed by atoms with E-state index in [2.05, 4.69) is 5.32 Å². The molecule has 33 heavy (non-hydrogen) atoms. The number of anilines is 2. The number of non-ortho nitro benzene ring substituents is 1. The molecule has 1 N–H and O–H groups in total. The van der Waals surface area contributed by atoms with Gasteiger partial charge in [0.05, 0.1) is 15.6 Å². The van der Waals surface area contributed by atoms with Crippen LogP contribution in [-0.4, -0.2) is 25.8 Å². The first kappa shape index (κ1) is 24.8. The number of nitro benzene ring substituents is 1. The van der Waals surface area contributed by atoms with Crippen LogP contribution in [0, 0.1) is 17.0 Å². The lowest BCUT2D eigenvalue weighted by molar-refractivity contribution is -0.385. The van der Waals surface area contributed by atoms with Crippen LogP contribution in [0.2, 0.25) is 15.1 Å². The summed E-state index contributed by atoms with van der Waals surface area (Å²) in [6, 6.07) is 13.7. The van der Waals surface area contributed by atoms with Gasteiger partial charge in [0.15, 0.2) is 0 Å². The third-order valence-corrected chi connectivity index (χ3v) is 7.55. The first-order chi connectivity index (χ1) is 15.5. The summed E-state index contributed by atoms with van der Waals surface area (Å²) in [4.78, 5) is 22.8. The first-order valence-electron chi connectivity index (χ1n) is 9.28. The van der Waals surface area contributed by atoms with Gasteiger partial charge >= 0.3 is 0 Å². The topological polar surface area (TPSA) is 110 Å². The van der Waals surface area contributed by atoms with E-state index in [9.17, 15) is 23.3 Å². The summed E-state index contributed by atoms with van der Waals surface area (Å²) in [5, 5.41) is 14.4. The molecule has 0 aliphatic rings. The molecule has 0 fully saturated rings. The Kier molecular flexibility index (Phi) is 7.48. The number of amides is 1. The number of rotatable bonds is 7. The minimum absolute atomic E-state index is 0.111. The van der Waals surface area contributed by atoms with Crippen molar-refractivity contribution in [3.8, 4) is 0 Å². The van der Waals surface area contributed by atoms with E-state index < -0.39 is 38.0 Å². The Morgan fingerprint density at radius 3 is 2.33 bits per heavy atom. The molecule has 8 nitrogen and oxygen atoms in total. The number of sulfonamides is 1. The predicted octanol–water partition coefficient (Wildman–Crippen LogP) is 5.70. The molecule has 0 heterocycles. The molecule has 0 unspecified atom stereocenters. The molecule has 3 rings (SSSR count). The number of hydrogen-bond acceptors (Lipinski definition) is 5. The lowest BCUT2D eigenvalue weighted by Gasteiger charge is -2.24. The summed E-state index contributed by atoms with van der Waals surface area (Å²) < 4.78 is 27.8. The predicted molar refractivity (Wildman–Crippen MR) is 129 cm³/mol. The summed E-state index contributed by atoms with van der Waals surface area (Å²) >= 11 is 18.1. The SMILES string of the molecule is Cc1c(Cl)cccc1NC(=O)CN(c1ccc(Cl)cc1)S(=O)(=O)c1cc([N+](=O)[O-])ccc1Cl. The van der Waals surface area contributed by atoms with Crippen molar-refractivity contribution in [1.29, 1.82) is 0 Å². The third-order valence-electron chi connectivity index (χ3n) is 4.64. The highest BCUT2D eigenvalue weighted by Gasteiger charge is 2.31. The molecule has 3 aromatic carbocycles. The van der Waals surface area contributed by atoms with Crippen molar-refractivity contribution < 1.29 is 18.1 Å². The molecular formula is C21H16Cl3N3O5S. The van der Waals surface area contributed by atoms with Crippen molar-refractivity contribution in [3.63, 3.8) is 0 Å². The zero-order valence-electron chi connectivity index (χ0n) is 17.0. The van der Waals surface area contributed by atoms with Crippen molar-refractivity contribution in [1.82, 2.24) is 0 Å². The first-order valence-corrected chi connectivity index (χ1v) is 11.9. The van der Waals surface area contributed by atoms with Gasteiger partial charge in [0.1, 0.15) is 11.4 Å². The smallest absolute Gasteiger partial charge is 0.270 e. The number of carbonyl (C=O) groups is 1. The Balaban J connectivity index is 2.04. The molecule has 0 aliphatic carbocycles. The largest absolute Gasteiger partial charge is 0.324 e. The summed E-state index contributed by atoms with van der Waals surface area (Å²) in [7, 11) is -4.49. The van der Waals surface area contributed by atoms with Crippen molar-refractivity contribution in [3.05, 3.63) is 91.4 Å². The Bertz CT molecular complexity index is 1330. The molecule has 0 aliphatic heterocycles. The second-order valence-electron chi connectivity index (χ2n) is 6.82. The number of hydrogen-bond donors (Lipinski definition) is 1. The van der Waals surface area contributed by atoms with Gasteiger partial charge in [-0.25, -0.2) is 8.42 Å². The third kappa shape index (κ3) is 5.56. The van der Waals surface area contributed by atoms with E-state index in [0.717, 1.165) is 22.5 Å². The van der Waals surface area contributed by atoms with Crippen LogP contribution in [-0.2, 0) is 14.8 Å². The van der Waals surface area contributed by atoms with E-state index in [0.29, 0.717) is 21.3 Å². The van der Waals surface area contributed by atoms with Crippen molar-refractivity contribution in [2.24, 2.45) is 0 Å². The second-order valence-corrected chi connectivity index (χ2v) is 9.90. The van der Waals surface area contributed by atoms with Crippen LogP contribution in [0.25, 0.3) is 0 Å². The van der Waals surface area contributed by atoms with Crippen LogP contribution in [0.3, 0.4) is 0 Å². The normalized spacial score (nSPS) is 11.2. The van der Waals surface area contributed by atoms with E-state index in [1.54, 1.807) is 25.1 Å². The average Bonchev–Trinajstić information content (AvgIpc) is 2.76. The van der Waals surface area contributed by atoms with E-state index in [4.69, 9.17) is 34.8 Å². The van der Waals surface area contributed by atoms with Gasteiger partial charge in [-0.15, -0.1) is 0 Å². The number of nitrogens with one attached hydrogen (secondary N) is 1. The maximum Gasteiger partial charge on any atom is 0.270 e. The number of nitrogens with zero attached hydrogens (tertiary/aromatic N) is 2. The minimum Gasteiger partial charge on any atom is -0.324 e. The zero-order chi connectivity index (χ0) is 24.3. The quantitative estimate of drug-likeness (QED) is 0.312. The Hall–Kier alpha value is -2.85. The van der Waals surface area contributed by atoms with Gasteiger partial charge in [0.2, 0.25) is 5.91 Å². The van der Waals surface area contributed by atoms with E-state index in [1.807, 2.05) is 0 Å². The lowest BCUT2D eigenvalue weighted by Crippen LogP contribution is -2.38. The summed E-state index contributed by atoms with van der Waals surface area (Å²) in [5.74, 6) is -0.666. The molecule has 0 atom stereocenters. The lowest BCUT2D eigenvalue weighted by atomic mass is 10.2. The molecule has 1 amide bonds. The standard InChI is InChI=1S/C21H16Cl3N3O5S/c1-13-17(23)3-2-4-19(13)25-21(28)12-26(15-7-5-14(22)6-8-15)33(31,32)20-11-16(27(29)30)9-10-18(20)24/h2-11H,12H2,1H3,(H,25,28). The van der Waals surface area contributed by atoms with Gasteiger partial charge in [0.25, 0.3) is 15.7 Å².